The predicted octanol–water partition coefficient (Wildman–Crippen LogP) is 4.43. The van der Waals surface area contributed by atoms with Gasteiger partial charge < -0.3 is 9.30 Å². The molecule has 2 aliphatic rings. The SMILES string of the molecule is Ic1ccc(-c2nccn2C2CCOC3(CCC3)C2)cc1. The summed E-state index contributed by atoms with van der Waals surface area (Å²) in [6.45, 7) is 0.884. The fourth-order valence-electron chi connectivity index (χ4n) is 3.59. The van der Waals surface area contributed by atoms with Crippen molar-refractivity contribution in [3.8, 4) is 11.4 Å². The van der Waals surface area contributed by atoms with Crippen LogP contribution >= 0.6 is 22.6 Å². The van der Waals surface area contributed by atoms with Crippen molar-refractivity contribution in [1.29, 1.82) is 0 Å². The van der Waals surface area contributed by atoms with E-state index in [4.69, 9.17) is 4.74 Å². The number of hydrogen-bond acceptors (Lipinski definition) is 2. The molecule has 1 atom stereocenters. The lowest BCUT2D eigenvalue weighted by Crippen LogP contribution is -2.45. The summed E-state index contributed by atoms with van der Waals surface area (Å²) in [6.07, 6.45) is 10.1. The number of halogens is 1. The van der Waals surface area contributed by atoms with Crippen LogP contribution in [-0.2, 0) is 4.74 Å². The molecule has 4 rings (SSSR count). The van der Waals surface area contributed by atoms with Crippen LogP contribution < -0.4 is 0 Å². The van der Waals surface area contributed by atoms with Crippen molar-refractivity contribution in [2.24, 2.45) is 0 Å². The van der Waals surface area contributed by atoms with Gasteiger partial charge in [-0.15, -0.1) is 0 Å². The quantitative estimate of drug-likeness (QED) is 0.705. The molecule has 4 heteroatoms. The molecule has 2 fully saturated rings. The molecule has 1 unspecified atom stereocenters. The zero-order valence-corrected chi connectivity index (χ0v) is 14.1. The molecule has 3 nitrogen and oxygen atoms in total. The van der Waals surface area contributed by atoms with E-state index in [2.05, 4.69) is 62.6 Å². The van der Waals surface area contributed by atoms with Gasteiger partial charge in [-0.05, 0) is 66.8 Å². The minimum Gasteiger partial charge on any atom is -0.375 e. The number of aromatic nitrogens is 2. The van der Waals surface area contributed by atoms with Gasteiger partial charge >= 0.3 is 0 Å². The van der Waals surface area contributed by atoms with E-state index in [0.717, 1.165) is 25.3 Å². The van der Waals surface area contributed by atoms with Crippen LogP contribution in [-0.4, -0.2) is 21.8 Å². The van der Waals surface area contributed by atoms with E-state index in [1.807, 2.05) is 6.20 Å². The third kappa shape index (κ3) is 2.52. The molecule has 0 N–H and O–H groups in total. The van der Waals surface area contributed by atoms with Crippen molar-refractivity contribution in [3.05, 3.63) is 40.2 Å². The van der Waals surface area contributed by atoms with Crippen molar-refractivity contribution in [1.82, 2.24) is 9.55 Å². The van der Waals surface area contributed by atoms with Crippen molar-refractivity contribution < 1.29 is 4.74 Å². The van der Waals surface area contributed by atoms with Crippen LogP contribution in [0.3, 0.4) is 0 Å². The molecule has 1 aliphatic heterocycles. The van der Waals surface area contributed by atoms with Crippen molar-refractivity contribution in [2.75, 3.05) is 6.61 Å². The van der Waals surface area contributed by atoms with Crippen molar-refractivity contribution in [3.63, 3.8) is 0 Å². The minimum atomic E-state index is 0.177. The summed E-state index contributed by atoms with van der Waals surface area (Å²) in [4.78, 5) is 4.60. The monoisotopic (exact) mass is 394 g/mol. The first-order valence-corrected chi connectivity index (χ1v) is 8.76. The van der Waals surface area contributed by atoms with E-state index in [0.29, 0.717) is 6.04 Å². The van der Waals surface area contributed by atoms with Crippen molar-refractivity contribution in [2.45, 2.75) is 43.7 Å². The minimum absolute atomic E-state index is 0.177. The van der Waals surface area contributed by atoms with Crippen molar-refractivity contribution >= 4 is 22.6 Å². The van der Waals surface area contributed by atoms with Gasteiger partial charge in [0.25, 0.3) is 0 Å². The van der Waals surface area contributed by atoms with Gasteiger partial charge in [-0.1, -0.05) is 12.1 Å². The second-order valence-electron chi connectivity index (χ2n) is 6.20. The molecule has 0 radical (unpaired) electrons. The van der Waals surface area contributed by atoms with Gasteiger partial charge in [-0.2, -0.15) is 0 Å². The van der Waals surface area contributed by atoms with E-state index < -0.39 is 0 Å². The topological polar surface area (TPSA) is 27.1 Å². The summed E-state index contributed by atoms with van der Waals surface area (Å²) in [6, 6.07) is 9.15. The molecule has 1 saturated carbocycles. The maximum Gasteiger partial charge on any atom is 0.140 e. The van der Waals surface area contributed by atoms with Crippen LogP contribution in [0.4, 0.5) is 0 Å². The van der Waals surface area contributed by atoms with E-state index in [1.54, 1.807) is 0 Å². The Morgan fingerprint density at radius 3 is 2.76 bits per heavy atom. The Balaban J connectivity index is 1.64. The summed E-state index contributed by atoms with van der Waals surface area (Å²) in [5, 5.41) is 0. The van der Waals surface area contributed by atoms with Gasteiger partial charge in [0.15, 0.2) is 0 Å². The Bertz CT molecular complexity index is 630. The molecule has 1 saturated heterocycles. The maximum absolute atomic E-state index is 6.06. The fourth-order valence-corrected chi connectivity index (χ4v) is 3.95. The number of ether oxygens (including phenoxy) is 1. The molecule has 0 bridgehead atoms. The maximum atomic E-state index is 6.06. The Hall–Kier alpha value is -0.880. The largest absolute Gasteiger partial charge is 0.375 e. The van der Waals surface area contributed by atoms with Gasteiger partial charge in [0.1, 0.15) is 5.82 Å². The lowest BCUT2D eigenvalue weighted by atomic mass is 9.74. The fraction of sp³-hybridized carbons (Fsp3) is 0.471. The van der Waals surface area contributed by atoms with Crippen LogP contribution in [0.1, 0.15) is 38.1 Å². The molecule has 1 aromatic carbocycles. The molecule has 1 aromatic heterocycles. The van der Waals surface area contributed by atoms with Gasteiger partial charge in [0, 0.05) is 34.2 Å². The van der Waals surface area contributed by atoms with Crippen LogP contribution in [0.25, 0.3) is 11.4 Å². The Morgan fingerprint density at radius 1 is 1.24 bits per heavy atom. The molecule has 21 heavy (non-hydrogen) atoms. The summed E-state index contributed by atoms with van der Waals surface area (Å²) < 4.78 is 9.68. The average Bonchev–Trinajstić information content (AvgIpc) is 2.96. The Labute approximate surface area is 138 Å². The molecule has 1 spiro atoms. The van der Waals surface area contributed by atoms with Crippen LogP contribution in [0.5, 0.6) is 0 Å². The van der Waals surface area contributed by atoms with E-state index in [-0.39, 0.29) is 5.60 Å². The Morgan fingerprint density at radius 2 is 2.05 bits per heavy atom. The molecule has 2 heterocycles. The zero-order valence-electron chi connectivity index (χ0n) is 12.0. The van der Waals surface area contributed by atoms with Crippen LogP contribution in [0, 0.1) is 3.57 Å². The number of rotatable bonds is 2. The second kappa shape index (κ2) is 5.39. The molecule has 110 valence electrons. The first-order chi connectivity index (χ1) is 10.3. The first kappa shape index (κ1) is 13.8. The third-order valence-corrected chi connectivity index (χ3v) is 5.62. The lowest BCUT2D eigenvalue weighted by Gasteiger charge is -2.47. The van der Waals surface area contributed by atoms with Gasteiger partial charge in [0.2, 0.25) is 0 Å². The summed E-state index contributed by atoms with van der Waals surface area (Å²) in [5.41, 5.74) is 1.38. The highest BCUT2D eigenvalue weighted by Gasteiger charge is 2.43. The number of nitrogens with zero attached hydrogens (tertiary/aromatic N) is 2. The Kier molecular flexibility index (Phi) is 3.53. The standard InChI is InChI=1S/C17H19IN2O/c18-14-4-2-13(3-5-14)16-19-9-10-20(16)15-6-11-21-17(12-15)7-1-8-17/h2-5,9-10,15H,1,6-8,11-12H2. The smallest absolute Gasteiger partial charge is 0.140 e. The summed E-state index contributed by atoms with van der Waals surface area (Å²) >= 11 is 2.34. The number of benzene rings is 1. The molecular formula is C17H19IN2O. The van der Waals surface area contributed by atoms with Crippen LogP contribution in [0.15, 0.2) is 36.7 Å². The van der Waals surface area contributed by atoms with E-state index in [1.165, 1.54) is 28.4 Å². The van der Waals surface area contributed by atoms with E-state index >= 15 is 0 Å². The molecular weight excluding hydrogens is 375 g/mol. The third-order valence-electron chi connectivity index (χ3n) is 4.90. The lowest BCUT2D eigenvalue weighted by molar-refractivity contribution is -0.140. The second-order valence-corrected chi connectivity index (χ2v) is 7.44. The van der Waals surface area contributed by atoms with Gasteiger partial charge in [-0.3, -0.25) is 0 Å². The van der Waals surface area contributed by atoms with Crippen LogP contribution in [0.2, 0.25) is 0 Å². The zero-order chi connectivity index (χ0) is 14.3. The molecule has 0 amide bonds. The molecule has 2 aromatic rings. The highest BCUT2D eigenvalue weighted by Crippen LogP contribution is 2.46. The normalized spacial score (nSPS) is 24.0. The highest BCUT2D eigenvalue weighted by molar-refractivity contribution is 14.1. The first-order valence-electron chi connectivity index (χ1n) is 7.69. The van der Waals surface area contributed by atoms with Gasteiger partial charge in [0.05, 0.1) is 5.60 Å². The van der Waals surface area contributed by atoms with E-state index in [9.17, 15) is 0 Å². The summed E-state index contributed by atoms with van der Waals surface area (Å²) in [7, 11) is 0. The highest BCUT2D eigenvalue weighted by atomic mass is 127. The summed E-state index contributed by atoms with van der Waals surface area (Å²) in [5.74, 6) is 1.09. The molecule has 1 aliphatic carbocycles. The average molecular weight is 394 g/mol. The number of hydrogen-bond donors (Lipinski definition) is 0. The number of imidazole rings is 1. The van der Waals surface area contributed by atoms with Gasteiger partial charge in [-0.25, -0.2) is 4.98 Å². The predicted molar refractivity (Wildman–Crippen MR) is 91.2 cm³/mol.